The van der Waals surface area contributed by atoms with Crippen LogP contribution in [-0.2, 0) is 6.61 Å². The van der Waals surface area contributed by atoms with Crippen LogP contribution in [0.15, 0.2) is 33.9 Å². The van der Waals surface area contributed by atoms with Crippen LogP contribution >= 0.6 is 39.2 Å². The molecule has 1 aromatic carbocycles. The van der Waals surface area contributed by atoms with E-state index in [9.17, 15) is 4.79 Å². The highest BCUT2D eigenvalue weighted by Gasteiger charge is 2.08. The number of ether oxygens (including phenoxy) is 1. The van der Waals surface area contributed by atoms with Crippen molar-refractivity contribution in [1.82, 2.24) is 9.36 Å². The number of amides is 1. The monoisotopic (exact) mass is 345 g/mol. The van der Waals surface area contributed by atoms with E-state index in [0.29, 0.717) is 17.0 Å². The Kier molecular flexibility index (Phi) is 4.56. The second-order valence-electron chi connectivity index (χ2n) is 3.18. The van der Waals surface area contributed by atoms with Crippen molar-refractivity contribution in [2.24, 2.45) is 5.73 Å². The van der Waals surface area contributed by atoms with Gasteiger partial charge in [-0.3, -0.25) is 4.79 Å². The van der Waals surface area contributed by atoms with E-state index in [4.69, 9.17) is 10.5 Å². The maximum absolute atomic E-state index is 10.7. The van der Waals surface area contributed by atoms with Gasteiger partial charge in [0, 0.05) is 27.8 Å². The summed E-state index contributed by atoms with van der Waals surface area (Å²) in [5, 5.41) is 0.196. The van der Waals surface area contributed by atoms with E-state index < -0.39 is 5.24 Å². The van der Waals surface area contributed by atoms with E-state index in [2.05, 4.69) is 25.3 Å². The van der Waals surface area contributed by atoms with Crippen LogP contribution in [0.25, 0.3) is 0 Å². The molecule has 18 heavy (non-hydrogen) atoms. The quantitative estimate of drug-likeness (QED) is 0.861. The molecule has 0 aliphatic rings. The molecular weight excluding hydrogens is 338 g/mol. The molecule has 2 rings (SSSR count). The molecule has 8 heteroatoms. The molecule has 0 fully saturated rings. The lowest BCUT2D eigenvalue weighted by molar-refractivity contribution is 0.267. The summed E-state index contributed by atoms with van der Waals surface area (Å²) in [4.78, 5) is 14.7. The number of benzene rings is 1. The number of nitrogens with two attached hydrogens (primary N) is 1. The first kappa shape index (κ1) is 13.3. The van der Waals surface area contributed by atoms with Gasteiger partial charge in [0.25, 0.3) is 10.4 Å². The Morgan fingerprint density at radius 3 is 3.11 bits per heavy atom. The SMILES string of the molecule is NC(=O)Sc1nsc(OCc2cccc(Br)c2)n1. The molecule has 0 saturated carbocycles. The number of primary amides is 1. The zero-order valence-electron chi connectivity index (χ0n) is 9.00. The average Bonchev–Trinajstić information content (AvgIpc) is 2.73. The fourth-order valence-corrected chi connectivity index (χ4v) is 2.67. The van der Waals surface area contributed by atoms with Crippen LogP contribution in [0, 0.1) is 0 Å². The lowest BCUT2D eigenvalue weighted by Gasteiger charge is -2.02. The second-order valence-corrected chi connectivity index (χ2v) is 5.78. The van der Waals surface area contributed by atoms with Crippen molar-refractivity contribution in [2.75, 3.05) is 0 Å². The van der Waals surface area contributed by atoms with Crippen molar-refractivity contribution in [3.63, 3.8) is 0 Å². The number of aromatic nitrogens is 2. The van der Waals surface area contributed by atoms with Crippen LogP contribution in [0.3, 0.4) is 0 Å². The minimum atomic E-state index is -0.536. The number of hydrogen-bond donors (Lipinski definition) is 1. The summed E-state index contributed by atoms with van der Waals surface area (Å²) < 4.78 is 10.4. The Balaban J connectivity index is 1.94. The van der Waals surface area contributed by atoms with Gasteiger partial charge in [0.2, 0.25) is 5.16 Å². The lowest BCUT2D eigenvalue weighted by Crippen LogP contribution is -2.02. The highest BCUT2D eigenvalue weighted by molar-refractivity contribution is 9.10. The molecule has 2 aromatic rings. The maximum atomic E-state index is 10.7. The van der Waals surface area contributed by atoms with Gasteiger partial charge in [0.05, 0.1) is 0 Å². The number of thioether (sulfide) groups is 1. The minimum Gasteiger partial charge on any atom is -0.464 e. The first-order valence-corrected chi connectivity index (χ1v) is 7.20. The summed E-state index contributed by atoms with van der Waals surface area (Å²) in [6.45, 7) is 0.398. The summed E-state index contributed by atoms with van der Waals surface area (Å²) >= 11 is 5.26. The van der Waals surface area contributed by atoms with Crippen molar-refractivity contribution in [1.29, 1.82) is 0 Å². The van der Waals surface area contributed by atoms with Crippen molar-refractivity contribution in [3.05, 3.63) is 34.3 Å². The highest BCUT2D eigenvalue weighted by atomic mass is 79.9. The van der Waals surface area contributed by atoms with Crippen molar-refractivity contribution in [2.45, 2.75) is 11.8 Å². The van der Waals surface area contributed by atoms with E-state index in [1.165, 1.54) is 0 Å². The Labute approximate surface area is 120 Å². The van der Waals surface area contributed by atoms with Gasteiger partial charge >= 0.3 is 0 Å². The van der Waals surface area contributed by atoms with Crippen molar-refractivity contribution < 1.29 is 9.53 Å². The zero-order chi connectivity index (χ0) is 13.0. The Morgan fingerprint density at radius 1 is 1.56 bits per heavy atom. The first-order chi connectivity index (χ1) is 8.63. The van der Waals surface area contributed by atoms with E-state index in [0.717, 1.165) is 33.3 Å². The number of rotatable bonds is 4. The third kappa shape index (κ3) is 3.97. The molecule has 0 bridgehead atoms. The van der Waals surface area contributed by atoms with Crippen LogP contribution in [0.5, 0.6) is 5.19 Å². The minimum absolute atomic E-state index is 0.316. The highest BCUT2D eigenvalue weighted by Crippen LogP contribution is 2.22. The predicted octanol–water partition coefficient (Wildman–Crippen LogP) is 3.05. The van der Waals surface area contributed by atoms with Gasteiger partial charge in [-0.05, 0) is 17.7 Å². The van der Waals surface area contributed by atoms with Crippen LogP contribution in [0.1, 0.15) is 5.56 Å². The fraction of sp³-hybridized carbons (Fsp3) is 0.100. The standard InChI is InChI=1S/C10H8BrN3O2S2/c11-7-3-1-2-6(4-7)5-16-10-13-9(14-18-10)17-8(12)15/h1-4H,5H2,(H2,12,15). The number of hydrogen-bond acceptors (Lipinski definition) is 6. The molecule has 2 N–H and O–H groups in total. The average molecular weight is 346 g/mol. The molecule has 0 aliphatic carbocycles. The summed E-state index contributed by atoms with van der Waals surface area (Å²) in [6.07, 6.45) is 0. The Morgan fingerprint density at radius 2 is 2.39 bits per heavy atom. The van der Waals surface area contributed by atoms with Crippen LogP contribution in [0.4, 0.5) is 4.79 Å². The van der Waals surface area contributed by atoms with E-state index in [1.807, 2.05) is 24.3 Å². The van der Waals surface area contributed by atoms with Gasteiger partial charge < -0.3 is 10.5 Å². The first-order valence-electron chi connectivity index (χ1n) is 4.82. The summed E-state index contributed by atoms with van der Waals surface area (Å²) in [5.74, 6) is 0. The smallest absolute Gasteiger partial charge is 0.294 e. The molecule has 1 amide bonds. The normalized spacial score (nSPS) is 10.3. The van der Waals surface area contributed by atoms with E-state index in [-0.39, 0.29) is 0 Å². The second kappa shape index (κ2) is 6.17. The lowest BCUT2D eigenvalue weighted by atomic mass is 10.2. The Hall–Kier alpha value is -1.12. The molecule has 0 atom stereocenters. The number of carbonyl (C=O) groups is 1. The molecule has 0 radical (unpaired) electrons. The van der Waals surface area contributed by atoms with Gasteiger partial charge in [-0.2, -0.15) is 9.36 Å². The molecule has 94 valence electrons. The molecular formula is C10H8BrN3O2S2. The van der Waals surface area contributed by atoms with E-state index in [1.54, 1.807) is 0 Å². The van der Waals surface area contributed by atoms with Gasteiger partial charge in [-0.1, -0.05) is 28.1 Å². The third-order valence-electron chi connectivity index (χ3n) is 1.83. The van der Waals surface area contributed by atoms with Crippen molar-refractivity contribution >= 4 is 44.5 Å². The summed E-state index contributed by atoms with van der Waals surface area (Å²) in [6, 6.07) is 7.78. The summed E-state index contributed by atoms with van der Waals surface area (Å²) in [5.41, 5.74) is 6.04. The molecule has 5 nitrogen and oxygen atoms in total. The van der Waals surface area contributed by atoms with Gasteiger partial charge in [0.15, 0.2) is 0 Å². The van der Waals surface area contributed by atoms with Gasteiger partial charge in [0.1, 0.15) is 6.61 Å². The fourth-order valence-electron chi connectivity index (χ4n) is 1.16. The maximum Gasteiger partial charge on any atom is 0.294 e. The predicted molar refractivity (Wildman–Crippen MR) is 73.8 cm³/mol. The molecule has 0 saturated heterocycles. The van der Waals surface area contributed by atoms with Crippen LogP contribution < -0.4 is 10.5 Å². The zero-order valence-corrected chi connectivity index (χ0v) is 12.2. The summed E-state index contributed by atoms with van der Waals surface area (Å²) in [7, 11) is 0. The van der Waals surface area contributed by atoms with Gasteiger partial charge in [-0.15, -0.1) is 0 Å². The third-order valence-corrected chi connectivity index (χ3v) is 3.64. The molecule has 0 spiro atoms. The van der Waals surface area contributed by atoms with Gasteiger partial charge in [-0.25, -0.2) is 0 Å². The number of nitrogens with zero attached hydrogens (tertiary/aromatic N) is 2. The van der Waals surface area contributed by atoms with Crippen LogP contribution in [0.2, 0.25) is 0 Å². The molecule has 0 aliphatic heterocycles. The Bertz CT molecular complexity index is 562. The topological polar surface area (TPSA) is 78.1 Å². The largest absolute Gasteiger partial charge is 0.464 e. The molecule has 1 aromatic heterocycles. The number of halogens is 1. The van der Waals surface area contributed by atoms with Crippen molar-refractivity contribution in [3.8, 4) is 5.19 Å². The molecule has 0 unspecified atom stereocenters. The van der Waals surface area contributed by atoms with Crippen LogP contribution in [-0.4, -0.2) is 14.6 Å². The van der Waals surface area contributed by atoms with E-state index >= 15 is 0 Å². The molecule has 1 heterocycles. The number of carbonyl (C=O) groups excluding carboxylic acids is 1.